The van der Waals surface area contributed by atoms with Crippen LogP contribution in [0.3, 0.4) is 0 Å². The van der Waals surface area contributed by atoms with E-state index in [9.17, 15) is 0 Å². The lowest BCUT2D eigenvalue weighted by Crippen LogP contribution is -2.13. The van der Waals surface area contributed by atoms with E-state index in [0.29, 0.717) is 26.4 Å². The first-order valence-corrected chi connectivity index (χ1v) is 5.15. The molecule has 2 N–H and O–H groups in total. The Morgan fingerprint density at radius 3 is 3.00 bits per heavy atom. The van der Waals surface area contributed by atoms with Crippen molar-refractivity contribution in [1.82, 2.24) is 9.55 Å². The summed E-state index contributed by atoms with van der Waals surface area (Å²) in [5.41, 5.74) is 5.48. The topological polar surface area (TPSA) is 62.3 Å². The molecule has 0 atom stereocenters. The molecule has 1 heterocycles. The Balaban J connectivity index is 2.21. The predicted octanol–water partition coefficient (Wildman–Crippen LogP) is 0.0473. The summed E-state index contributed by atoms with van der Waals surface area (Å²) < 4.78 is 12.3. The number of nitrogens with zero attached hydrogens (tertiary/aromatic N) is 2. The number of methoxy groups -OCH3 is 1. The summed E-state index contributed by atoms with van der Waals surface area (Å²) in [5.74, 6) is 1.02. The zero-order chi connectivity index (χ0) is 10.9. The van der Waals surface area contributed by atoms with Crippen LogP contribution in [0.15, 0.2) is 12.4 Å². The summed E-state index contributed by atoms with van der Waals surface area (Å²) in [6, 6.07) is 0. The van der Waals surface area contributed by atoms with Crippen molar-refractivity contribution in [3.8, 4) is 0 Å². The molecular weight excluding hydrogens is 194 g/mol. The van der Waals surface area contributed by atoms with Gasteiger partial charge in [0.2, 0.25) is 0 Å². The van der Waals surface area contributed by atoms with Crippen molar-refractivity contribution in [3.05, 3.63) is 18.2 Å². The minimum Gasteiger partial charge on any atom is -0.382 e. The van der Waals surface area contributed by atoms with Gasteiger partial charge in [0.25, 0.3) is 0 Å². The third kappa shape index (κ3) is 4.42. The maximum atomic E-state index is 5.48. The summed E-state index contributed by atoms with van der Waals surface area (Å²) in [6.07, 6.45) is 4.55. The molecule has 0 aliphatic heterocycles. The first-order valence-electron chi connectivity index (χ1n) is 5.15. The van der Waals surface area contributed by atoms with Crippen molar-refractivity contribution < 1.29 is 9.47 Å². The van der Waals surface area contributed by atoms with Gasteiger partial charge in [-0.2, -0.15) is 0 Å². The summed E-state index contributed by atoms with van der Waals surface area (Å²) in [5, 5.41) is 0. The largest absolute Gasteiger partial charge is 0.382 e. The molecule has 0 saturated carbocycles. The Hall–Kier alpha value is -0.910. The number of ether oxygens (including phenoxy) is 2. The second-order valence-corrected chi connectivity index (χ2v) is 3.18. The monoisotopic (exact) mass is 213 g/mol. The fourth-order valence-corrected chi connectivity index (χ4v) is 1.31. The van der Waals surface area contributed by atoms with Crippen LogP contribution in [-0.4, -0.2) is 43.0 Å². The summed E-state index contributed by atoms with van der Waals surface area (Å²) in [6.45, 7) is 3.40. The normalized spacial score (nSPS) is 10.8. The molecule has 5 heteroatoms. The summed E-state index contributed by atoms with van der Waals surface area (Å²) in [4.78, 5) is 4.22. The number of hydrogen-bond donors (Lipinski definition) is 1. The molecule has 1 aromatic rings. The van der Waals surface area contributed by atoms with Gasteiger partial charge in [-0.1, -0.05) is 0 Å². The highest BCUT2D eigenvalue weighted by atomic mass is 16.5. The van der Waals surface area contributed by atoms with Gasteiger partial charge < -0.3 is 19.8 Å². The van der Waals surface area contributed by atoms with Gasteiger partial charge in [0, 0.05) is 32.5 Å². The first-order chi connectivity index (χ1) is 7.38. The molecule has 1 aromatic heterocycles. The zero-order valence-electron chi connectivity index (χ0n) is 9.19. The molecule has 0 saturated heterocycles. The standard InChI is InChI=1S/C10H19N3O2/c1-14-8-9-15-7-6-13-5-4-12-10(13)2-3-11/h4-5H,2-3,6-9,11H2,1H3. The van der Waals surface area contributed by atoms with Crippen LogP contribution in [0.2, 0.25) is 0 Å². The van der Waals surface area contributed by atoms with E-state index in [0.717, 1.165) is 18.8 Å². The summed E-state index contributed by atoms with van der Waals surface area (Å²) in [7, 11) is 1.67. The van der Waals surface area contributed by atoms with E-state index in [4.69, 9.17) is 15.2 Å². The minimum absolute atomic E-state index is 0.627. The van der Waals surface area contributed by atoms with Crippen molar-refractivity contribution in [2.75, 3.05) is 33.5 Å². The van der Waals surface area contributed by atoms with Crippen molar-refractivity contribution in [2.24, 2.45) is 5.73 Å². The molecular formula is C10H19N3O2. The molecule has 0 radical (unpaired) electrons. The van der Waals surface area contributed by atoms with Crippen LogP contribution in [0.5, 0.6) is 0 Å². The molecule has 15 heavy (non-hydrogen) atoms. The fraction of sp³-hybridized carbons (Fsp3) is 0.700. The van der Waals surface area contributed by atoms with Crippen molar-refractivity contribution >= 4 is 0 Å². The SMILES string of the molecule is COCCOCCn1ccnc1CCN. The van der Waals surface area contributed by atoms with E-state index in [1.54, 1.807) is 13.3 Å². The highest BCUT2D eigenvalue weighted by molar-refractivity contribution is 4.92. The van der Waals surface area contributed by atoms with Crippen LogP contribution >= 0.6 is 0 Å². The average molecular weight is 213 g/mol. The number of hydrogen-bond acceptors (Lipinski definition) is 4. The number of imidazole rings is 1. The minimum atomic E-state index is 0.627. The van der Waals surface area contributed by atoms with E-state index < -0.39 is 0 Å². The fourth-order valence-electron chi connectivity index (χ4n) is 1.31. The van der Waals surface area contributed by atoms with Crippen molar-refractivity contribution in [3.63, 3.8) is 0 Å². The smallest absolute Gasteiger partial charge is 0.109 e. The highest BCUT2D eigenvalue weighted by Crippen LogP contribution is 1.97. The second kappa shape index (κ2) is 7.39. The van der Waals surface area contributed by atoms with Crippen LogP contribution < -0.4 is 5.73 Å². The molecule has 5 nitrogen and oxygen atoms in total. The van der Waals surface area contributed by atoms with E-state index in [1.165, 1.54) is 0 Å². The van der Waals surface area contributed by atoms with Crippen LogP contribution in [0.25, 0.3) is 0 Å². The van der Waals surface area contributed by atoms with Gasteiger partial charge in [-0.3, -0.25) is 0 Å². The Bertz CT molecular complexity index is 263. The molecule has 0 amide bonds. The third-order valence-electron chi connectivity index (χ3n) is 2.08. The maximum absolute atomic E-state index is 5.48. The average Bonchev–Trinajstić information content (AvgIpc) is 2.66. The molecule has 0 spiro atoms. The molecule has 86 valence electrons. The highest BCUT2D eigenvalue weighted by Gasteiger charge is 2.00. The first kappa shape index (κ1) is 12.2. The number of aromatic nitrogens is 2. The second-order valence-electron chi connectivity index (χ2n) is 3.18. The van der Waals surface area contributed by atoms with E-state index in [2.05, 4.69) is 9.55 Å². The molecule has 1 rings (SSSR count). The van der Waals surface area contributed by atoms with Crippen LogP contribution in [0, 0.1) is 0 Å². The van der Waals surface area contributed by atoms with Crippen LogP contribution in [0.1, 0.15) is 5.82 Å². The van der Waals surface area contributed by atoms with Gasteiger partial charge in [0.1, 0.15) is 5.82 Å². The van der Waals surface area contributed by atoms with Gasteiger partial charge in [-0.15, -0.1) is 0 Å². The number of rotatable bonds is 8. The molecule has 0 fully saturated rings. The summed E-state index contributed by atoms with van der Waals surface area (Å²) >= 11 is 0. The molecule has 0 aliphatic carbocycles. The molecule has 0 unspecified atom stereocenters. The van der Waals surface area contributed by atoms with Crippen LogP contribution in [-0.2, 0) is 22.4 Å². The van der Waals surface area contributed by atoms with Gasteiger partial charge in [0.05, 0.1) is 19.8 Å². The van der Waals surface area contributed by atoms with E-state index in [-0.39, 0.29) is 0 Å². The Morgan fingerprint density at radius 2 is 2.27 bits per heavy atom. The maximum Gasteiger partial charge on any atom is 0.109 e. The van der Waals surface area contributed by atoms with Gasteiger partial charge in [-0.05, 0) is 6.54 Å². The molecule has 0 aliphatic rings. The van der Waals surface area contributed by atoms with E-state index >= 15 is 0 Å². The van der Waals surface area contributed by atoms with Gasteiger partial charge >= 0.3 is 0 Å². The predicted molar refractivity (Wildman–Crippen MR) is 57.7 cm³/mol. The third-order valence-corrected chi connectivity index (χ3v) is 2.08. The quantitative estimate of drug-likeness (QED) is 0.620. The Labute approximate surface area is 90.2 Å². The Kier molecular flexibility index (Phi) is 5.99. The zero-order valence-corrected chi connectivity index (χ0v) is 9.19. The lowest BCUT2D eigenvalue weighted by molar-refractivity contribution is 0.0663. The number of nitrogens with two attached hydrogens (primary N) is 1. The lowest BCUT2D eigenvalue weighted by Gasteiger charge is -2.07. The lowest BCUT2D eigenvalue weighted by atomic mass is 10.4. The van der Waals surface area contributed by atoms with Gasteiger partial charge in [-0.25, -0.2) is 4.98 Å². The van der Waals surface area contributed by atoms with Crippen LogP contribution in [0.4, 0.5) is 0 Å². The van der Waals surface area contributed by atoms with Crippen molar-refractivity contribution in [2.45, 2.75) is 13.0 Å². The molecule has 0 aromatic carbocycles. The van der Waals surface area contributed by atoms with E-state index in [1.807, 2.05) is 6.20 Å². The molecule has 0 bridgehead atoms. The Morgan fingerprint density at radius 1 is 1.40 bits per heavy atom. The van der Waals surface area contributed by atoms with Crippen molar-refractivity contribution in [1.29, 1.82) is 0 Å². The van der Waals surface area contributed by atoms with Gasteiger partial charge in [0.15, 0.2) is 0 Å².